The predicted octanol–water partition coefficient (Wildman–Crippen LogP) is 1.42. The molecule has 0 unspecified atom stereocenters. The fraction of sp³-hybridized carbons (Fsp3) is 0.556. The Morgan fingerprint density at radius 1 is 1.58 bits per heavy atom. The molecule has 1 N–H and O–H groups in total. The van der Waals surface area contributed by atoms with Crippen LogP contribution in [0.3, 0.4) is 0 Å². The first kappa shape index (κ1) is 8.97. The lowest BCUT2D eigenvalue weighted by Crippen LogP contribution is -2.13. The van der Waals surface area contributed by atoms with Crippen LogP contribution in [-0.4, -0.2) is 9.97 Å². The van der Waals surface area contributed by atoms with Crippen LogP contribution in [-0.2, 0) is 6.42 Å². The van der Waals surface area contributed by atoms with Gasteiger partial charge < -0.3 is 4.98 Å². The third kappa shape index (κ3) is 2.19. The minimum absolute atomic E-state index is 0.0175. The Labute approximate surface area is 71.9 Å². The topological polar surface area (TPSA) is 45.8 Å². The summed E-state index contributed by atoms with van der Waals surface area (Å²) >= 11 is 0. The van der Waals surface area contributed by atoms with E-state index in [1.165, 1.54) is 0 Å². The number of unbranched alkanes of at least 4 members (excludes halogenated alkanes) is 1. The maximum atomic E-state index is 11.1. The molecule has 0 aliphatic heterocycles. The number of aromatic nitrogens is 2. The maximum absolute atomic E-state index is 11.1. The molecule has 0 aromatic carbocycles. The van der Waals surface area contributed by atoms with Crippen LogP contribution in [0, 0.1) is 6.92 Å². The van der Waals surface area contributed by atoms with Crippen molar-refractivity contribution < 1.29 is 0 Å². The largest absolute Gasteiger partial charge is 0.310 e. The van der Waals surface area contributed by atoms with Gasteiger partial charge in [0.25, 0.3) is 5.56 Å². The van der Waals surface area contributed by atoms with Crippen molar-refractivity contribution >= 4 is 0 Å². The summed E-state index contributed by atoms with van der Waals surface area (Å²) in [5.41, 5.74) is 0.659. The number of hydrogen-bond donors (Lipinski definition) is 1. The Hall–Kier alpha value is -1.12. The molecule has 0 aliphatic carbocycles. The zero-order valence-electron chi connectivity index (χ0n) is 7.55. The molecular formula is C9H14N2O. The van der Waals surface area contributed by atoms with Crippen LogP contribution >= 0.6 is 0 Å². The second kappa shape index (κ2) is 4.04. The van der Waals surface area contributed by atoms with Gasteiger partial charge in [-0.25, -0.2) is 4.98 Å². The Balaban J connectivity index is 2.76. The number of H-pyrrole nitrogens is 1. The number of nitrogens with one attached hydrogen (secondary N) is 1. The van der Waals surface area contributed by atoms with Crippen molar-refractivity contribution in [1.29, 1.82) is 0 Å². The molecule has 1 heterocycles. The zero-order chi connectivity index (χ0) is 8.97. The number of aromatic amines is 1. The molecule has 0 aliphatic rings. The van der Waals surface area contributed by atoms with E-state index in [0.29, 0.717) is 5.56 Å². The van der Waals surface area contributed by atoms with E-state index in [9.17, 15) is 4.79 Å². The highest BCUT2D eigenvalue weighted by Gasteiger charge is 1.96. The maximum Gasteiger partial charge on any atom is 0.253 e. The number of nitrogens with zero attached hydrogens (tertiary/aromatic N) is 1. The fourth-order valence-corrected chi connectivity index (χ4v) is 0.967. The molecule has 0 radical (unpaired) electrons. The van der Waals surface area contributed by atoms with Crippen molar-refractivity contribution in [2.24, 2.45) is 0 Å². The number of hydrogen-bond acceptors (Lipinski definition) is 2. The van der Waals surface area contributed by atoms with Gasteiger partial charge in [-0.3, -0.25) is 4.79 Å². The molecule has 0 saturated heterocycles. The Morgan fingerprint density at radius 3 is 2.92 bits per heavy atom. The first-order chi connectivity index (χ1) is 5.74. The van der Waals surface area contributed by atoms with Gasteiger partial charge in [-0.05, 0) is 13.3 Å². The molecule has 0 fully saturated rings. The van der Waals surface area contributed by atoms with Gasteiger partial charge in [0.05, 0.1) is 0 Å². The molecule has 12 heavy (non-hydrogen) atoms. The predicted molar refractivity (Wildman–Crippen MR) is 48.2 cm³/mol. The fourth-order valence-electron chi connectivity index (χ4n) is 0.967. The zero-order valence-corrected chi connectivity index (χ0v) is 7.55. The van der Waals surface area contributed by atoms with E-state index in [0.717, 1.165) is 25.1 Å². The highest BCUT2D eigenvalue weighted by molar-refractivity contribution is 5.02. The second-order valence-corrected chi connectivity index (χ2v) is 2.95. The van der Waals surface area contributed by atoms with E-state index in [1.54, 1.807) is 13.1 Å². The van der Waals surface area contributed by atoms with Crippen LogP contribution in [0.25, 0.3) is 0 Å². The van der Waals surface area contributed by atoms with Gasteiger partial charge in [-0.15, -0.1) is 0 Å². The molecule has 0 amide bonds. The molecule has 0 bridgehead atoms. The Morgan fingerprint density at radius 2 is 2.33 bits per heavy atom. The summed E-state index contributed by atoms with van der Waals surface area (Å²) in [5.74, 6) is 0.799. The van der Waals surface area contributed by atoms with Gasteiger partial charge >= 0.3 is 0 Å². The standard InChI is InChI=1S/C9H14N2O/c1-3-4-5-8-10-6-7(2)9(12)11-8/h6H,3-5H2,1-2H3,(H,10,11,12). The van der Waals surface area contributed by atoms with Crippen LogP contribution < -0.4 is 5.56 Å². The van der Waals surface area contributed by atoms with E-state index in [2.05, 4.69) is 16.9 Å². The van der Waals surface area contributed by atoms with Crippen molar-refractivity contribution in [3.8, 4) is 0 Å². The quantitative estimate of drug-likeness (QED) is 0.738. The first-order valence-corrected chi connectivity index (χ1v) is 4.29. The molecular weight excluding hydrogens is 152 g/mol. The lowest BCUT2D eigenvalue weighted by molar-refractivity contribution is 0.745. The van der Waals surface area contributed by atoms with Crippen LogP contribution in [0.4, 0.5) is 0 Å². The van der Waals surface area contributed by atoms with Crippen molar-refractivity contribution in [2.45, 2.75) is 33.1 Å². The minimum Gasteiger partial charge on any atom is -0.310 e. The monoisotopic (exact) mass is 166 g/mol. The van der Waals surface area contributed by atoms with Crippen molar-refractivity contribution in [3.63, 3.8) is 0 Å². The highest BCUT2D eigenvalue weighted by atomic mass is 16.1. The average Bonchev–Trinajstić information content (AvgIpc) is 2.07. The summed E-state index contributed by atoms with van der Waals surface area (Å²) < 4.78 is 0. The van der Waals surface area contributed by atoms with Crippen LogP contribution in [0.15, 0.2) is 11.0 Å². The van der Waals surface area contributed by atoms with Gasteiger partial charge in [0.1, 0.15) is 5.82 Å². The van der Waals surface area contributed by atoms with Crippen molar-refractivity contribution in [2.75, 3.05) is 0 Å². The molecule has 3 nitrogen and oxygen atoms in total. The molecule has 3 heteroatoms. The van der Waals surface area contributed by atoms with Crippen LogP contribution in [0.5, 0.6) is 0 Å². The Kier molecular flexibility index (Phi) is 3.02. The summed E-state index contributed by atoms with van der Waals surface area (Å²) in [6.45, 7) is 3.88. The molecule has 1 rings (SSSR count). The van der Waals surface area contributed by atoms with Crippen LogP contribution in [0.1, 0.15) is 31.2 Å². The van der Waals surface area contributed by atoms with Crippen molar-refractivity contribution in [3.05, 3.63) is 27.9 Å². The summed E-state index contributed by atoms with van der Waals surface area (Å²) in [7, 11) is 0. The smallest absolute Gasteiger partial charge is 0.253 e. The second-order valence-electron chi connectivity index (χ2n) is 2.95. The van der Waals surface area contributed by atoms with Crippen LogP contribution in [0.2, 0.25) is 0 Å². The Bertz CT molecular complexity index is 304. The van der Waals surface area contributed by atoms with Crippen molar-refractivity contribution in [1.82, 2.24) is 9.97 Å². The average molecular weight is 166 g/mol. The van der Waals surface area contributed by atoms with E-state index >= 15 is 0 Å². The van der Waals surface area contributed by atoms with Gasteiger partial charge in [-0.1, -0.05) is 13.3 Å². The molecule has 0 saturated carbocycles. The molecule has 0 spiro atoms. The lowest BCUT2D eigenvalue weighted by atomic mass is 10.2. The van der Waals surface area contributed by atoms with Gasteiger partial charge in [0.2, 0.25) is 0 Å². The molecule has 1 aromatic rings. The van der Waals surface area contributed by atoms with E-state index in [1.807, 2.05) is 0 Å². The lowest BCUT2D eigenvalue weighted by Gasteiger charge is -1.98. The molecule has 0 atom stereocenters. The van der Waals surface area contributed by atoms with Gasteiger partial charge in [0.15, 0.2) is 0 Å². The summed E-state index contributed by atoms with van der Waals surface area (Å²) in [6.07, 6.45) is 4.69. The minimum atomic E-state index is -0.0175. The van der Waals surface area contributed by atoms with E-state index in [4.69, 9.17) is 0 Å². The molecule has 66 valence electrons. The normalized spacial score (nSPS) is 10.2. The first-order valence-electron chi connectivity index (χ1n) is 4.29. The third-order valence-corrected chi connectivity index (χ3v) is 1.80. The number of rotatable bonds is 3. The van der Waals surface area contributed by atoms with E-state index < -0.39 is 0 Å². The van der Waals surface area contributed by atoms with Gasteiger partial charge in [-0.2, -0.15) is 0 Å². The summed E-state index contributed by atoms with van der Waals surface area (Å²) in [6, 6.07) is 0. The SMILES string of the molecule is CCCCc1ncc(C)c(=O)[nH]1. The molecule has 1 aromatic heterocycles. The summed E-state index contributed by atoms with van der Waals surface area (Å²) in [4.78, 5) is 18.0. The number of aryl methyl sites for hydroxylation is 2. The third-order valence-electron chi connectivity index (χ3n) is 1.80. The van der Waals surface area contributed by atoms with E-state index in [-0.39, 0.29) is 5.56 Å². The highest BCUT2D eigenvalue weighted by Crippen LogP contribution is 1.96. The summed E-state index contributed by atoms with van der Waals surface area (Å²) in [5, 5.41) is 0. The van der Waals surface area contributed by atoms with Gasteiger partial charge in [0, 0.05) is 18.2 Å².